The summed E-state index contributed by atoms with van der Waals surface area (Å²) in [5.74, 6) is -4.94. The largest absolute Gasteiger partial charge is 0.417 e. The Morgan fingerprint density at radius 3 is 2.42 bits per heavy atom. The van der Waals surface area contributed by atoms with Gasteiger partial charge in [0, 0.05) is 45.2 Å². The maximum Gasteiger partial charge on any atom is 0.417 e. The average molecular weight is 370 g/mol. The van der Waals surface area contributed by atoms with Gasteiger partial charge in [0.1, 0.15) is 11.6 Å². The molecule has 0 aliphatic heterocycles. The molecule has 0 saturated heterocycles. The van der Waals surface area contributed by atoms with Crippen LogP contribution in [0.15, 0.2) is 41.6 Å². The molecule has 1 aliphatic rings. The Morgan fingerprint density at radius 1 is 1.12 bits per heavy atom. The van der Waals surface area contributed by atoms with Gasteiger partial charge in [0.25, 0.3) is 0 Å². The minimum Gasteiger partial charge on any atom is -0.289 e. The summed E-state index contributed by atoms with van der Waals surface area (Å²) in [4.78, 5) is 28.9. The van der Waals surface area contributed by atoms with Gasteiger partial charge in [-0.2, -0.15) is 13.2 Å². The van der Waals surface area contributed by atoms with Crippen molar-refractivity contribution in [2.45, 2.75) is 19.4 Å². The number of pyridine rings is 1. The summed E-state index contributed by atoms with van der Waals surface area (Å²) >= 11 is 0. The summed E-state index contributed by atoms with van der Waals surface area (Å²) in [6.07, 6.45) is -4.76. The van der Waals surface area contributed by atoms with Crippen molar-refractivity contribution >= 4 is 11.6 Å². The molecule has 0 unspecified atom stereocenters. The molecule has 2 aromatic rings. The Morgan fingerprint density at radius 2 is 1.85 bits per heavy atom. The quantitative estimate of drug-likeness (QED) is 0.740. The van der Waals surface area contributed by atoms with Crippen LogP contribution in [0.3, 0.4) is 0 Å². The number of carbonyl (C=O) groups is 2. The first-order chi connectivity index (χ1) is 13.3. The summed E-state index contributed by atoms with van der Waals surface area (Å²) in [7, 11) is 0. The van der Waals surface area contributed by atoms with Crippen LogP contribution >= 0.6 is 0 Å². The third kappa shape index (κ3) is 3.02. The predicted octanol–water partition coefficient (Wildman–Crippen LogP) is 4.32. The Labute approximate surface area is 148 Å². The summed E-state index contributed by atoms with van der Waals surface area (Å²) in [5.41, 5.74) is -4.26. The number of rotatable bonds is 2. The molecule has 0 bridgehead atoms. The molecule has 3 nitrogen and oxygen atoms in total. The van der Waals surface area contributed by atoms with E-state index in [0.29, 0.717) is 24.4 Å². The summed E-state index contributed by atoms with van der Waals surface area (Å²) in [6, 6.07) is 2.56. The van der Waals surface area contributed by atoms with Gasteiger partial charge in [0.15, 0.2) is 11.6 Å². The van der Waals surface area contributed by atoms with Crippen LogP contribution in [-0.2, 0) is 12.6 Å². The number of halogens is 5. The van der Waals surface area contributed by atoms with Crippen molar-refractivity contribution in [1.29, 1.82) is 0 Å². The highest BCUT2D eigenvalue weighted by Gasteiger charge is 2.34. The fraction of sp³-hybridized carbons (Fsp3) is 0.167. The molecule has 0 saturated carbocycles. The van der Waals surface area contributed by atoms with Crippen molar-refractivity contribution in [2.75, 3.05) is 0 Å². The monoisotopic (exact) mass is 370 g/mol. The van der Waals surface area contributed by atoms with Crippen molar-refractivity contribution in [3.63, 3.8) is 0 Å². The van der Waals surface area contributed by atoms with Crippen molar-refractivity contribution in [3.8, 4) is 0 Å². The highest BCUT2D eigenvalue weighted by atomic mass is 19.4. The van der Waals surface area contributed by atoms with E-state index in [2.05, 4.69) is 4.98 Å². The van der Waals surface area contributed by atoms with E-state index in [-0.39, 0.29) is 5.69 Å². The smallest absolute Gasteiger partial charge is 0.289 e. The highest BCUT2D eigenvalue weighted by molar-refractivity contribution is 6.26. The molecule has 0 atom stereocenters. The number of fused-ring (bicyclic) bond motifs is 1. The SMILES string of the molecule is [2H]C([2H])([2H])C1=C(Cc2ccc(C(F)(F)F)cn2)C(=O)c2cc(F)cc(F)c2C1=O. The molecule has 0 fully saturated rings. The fourth-order valence-corrected chi connectivity index (χ4v) is 2.57. The lowest BCUT2D eigenvalue weighted by Gasteiger charge is -2.19. The Kier molecular flexibility index (Phi) is 3.36. The van der Waals surface area contributed by atoms with Gasteiger partial charge in [0.05, 0.1) is 11.1 Å². The van der Waals surface area contributed by atoms with Gasteiger partial charge in [-0.3, -0.25) is 14.6 Å². The summed E-state index contributed by atoms with van der Waals surface area (Å²) in [6.45, 7) is -3.12. The fourth-order valence-electron chi connectivity index (χ4n) is 2.57. The molecule has 134 valence electrons. The van der Waals surface area contributed by atoms with Crippen molar-refractivity contribution in [1.82, 2.24) is 4.98 Å². The molecular weight excluding hydrogens is 357 g/mol. The lowest BCUT2D eigenvalue weighted by Crippen LogP contribution is -2.24. The Bertz CT molecular complexity index is 1060. The first-order valence-electron chi connectivity index (χ1n) is 8.65. The number of allylic oxidation sites excluding steroid dienone is 2. The maximum atomic E-state index is 14.1. The summed E-state index contributed by atoms with van der Waals surface area (Å²) < 4.78 is 88.3. The molecule has 3 rings (SSSR count). The van der Waals surface area contributed by atoms with Crippen LogP contribution in [0.5, 0.6) is 0 Å². The lowest BCUT2D eigenvalue weighted by atomic mass is 9.82. The number of hydrogen-bond acceptors (Lipinski definition) is 3. The number of alkyl halides is 3. The molecule has 1 aromatic carbocycles. The van der Waals surface area contributed by atoms with Crippen LogP contribution in [0, 0.1) is 11.6 Å². The van der Waals surface area contributed by atoms with E-state index < -0.39 is 70.5 Å². The van der Waals surface area contributed by atoms with E-state index in [1.807, 2.05) is 0 Å². The third-order valence-electron chi connectivity index (χ3n) is 3.84. The number of hydrogen-bond donors (Lipinski definition) is 0. The molecule has 26 heavy (non-hydrogen) atoms. The standard InChI is InChI=1S/C18H10F5NO2/c1-8-12(6-11-3-2-9(7-24-11)18(21,22)23)17(26)13-4-10(19)5-14(20)15(13)16(8)25/h2-5,7H,6H2,1H3/i1D3. The molecule has 0 amide bonds. The number of benzene rings is 1. The van der Waals surface area contributed by atoms with E-state index in [1.54, 1.807) is 0 Å². The molecule has 1 heterocycles. The second kappa shape index (κ2) is 6.12. The number of Topliss-reactive ketones (excluding diaryl/α,β-unsaturated/α-hetero) is 2. The second-order valence-corrected chi connectivity index (χ2v) is 5.53. The van der Waals surface area contributed by atoms with Gasteiger partial charge in [-0.25, -0.2) is 8.78 Å². The topological polar surface area (TPSA) is 47.0 Å². The van der Waals surface area contributed by atoms with Crippen LogP contribution in [0.25, 0.3) is 0 Å². The molecular formula is C18H10F5NO2. The van der Waals surface area contributed by atoms with Gasteiger partial charge in [-0.05, 0) is 25.1 Å². The highest BCUT2D eigenvalue weighted by Crippen LogP contribution is 2.31. The lowest BCUT2D eigenvalue weighted by molar-refractivity contribution is -0.137. The zero-order valence-electron chi connectivity index (χ0n) is 15.7. The van der Waals surface area contributed by atoms with E-state index in [0.717, 1.165) is 6.07 Å². The van der Waals surface area contributed by atoms with Crippen LogP contribution in [-0.4, -0.2) is 16.6 Å². The predicted molar refractivity (Wildman–Crippen MR) is 80.7 cm³/mol. The number of nitrogens with zero attached hydrogens (tertiary/aromatic N) is 1. The van der Waals surface area contributed by atoms with Crippen molar-refractivity contribution in [2.24, 2.45) is 0 Å². The van der Waals surface area contributed by atoms with Gasteiger partial charge in [0.2, 0.25) is 0 Å². The van der Waals surface area contributed by atoms with Crippen LogP contribution in [0.2, 0.25) is 0 Å². The number of aromatic nitrogens is 1. The summed E-state index contributed by atoms with van der Waals surface area (Å²) in [5, 5.41) is 0. The maximum absolute atomic E-state index is 14.1. The molecule has 0 N–H and O–H groups in total. The molecule has 1 aliphatic carbocycles. The van der Waals surface area contributed by atoms with Crippen molar-refractivity contribution < 1.29 is 35.7 Å². The van der Waals surface area contributed by atoms with Gasteiger partial charge in [-0.1, -0.05) is 0 Å². The minimum atomic E-state index is -4.65. The first kappa shape index (κ1) is 14.3. The Balaban J connectivity index is 2.13. The van der Waals surface area contributed by atoms with Gasteiger partial charge >= 0.3 is 6.18 Å². The van der Waals surface area contributed by atoms with Gasteiger partial charge in [-0.15, -0.1) is 0 Å². The normalized spacial score (nSPS) is 16.9. The average Bonchev–Trinajstić information content (AvgIpc) is 2.57. The third-order valence-corrected chi connectivity index (χ3v) is 3.84. The van der Waals surface area contributed by atoms with Crippen LogP contribution in [0.1, 0.15) is 42.9 Å². The van der Waals surface area contributed by atoms with E-state index in [4.69, 9.17) is 4.11 Å². The zero-order chi connectivity index (χ0) is 21.7. The zero-order valence-corrected chi connectivity index (χ0v) is 12.7. The van der Waals surface area contributed by atoms with Crippen LogP contribution < -0.4 is 0 Å². The van der Waals surface area contributed by atoms with E-state index in [1.165, 1.54) is 0 Å². The number of ketones is 2. The van der Waals surface area contributed by atoms with Crippen LogP contribution in [0.4, 0.5) is 22.0 Å². The molecule has 8 heteroatoms. The van der Waals surface area contributed by atoms with E-state index >= 15 is 0 Å². The van der Waals surface area contributed by atoms with Gasteiger partial charge < -0.3 is 0 Å². The molecule has 0 radical (unpaired) electrons. The van der Waals surface area contributed by atoms with E-state index in [9.17, 15) is 31.5 Å². The first-order valence-corrected chi connectivity index (χ1v) is 7.15. The molecule has 1 aromatic heterocycles. The number of carbonyl (C=O) groups excluding carboxylic acids is 2. The Hall–Kier alpha value is -2.90. The van der Waals surface area contributed by atoms with Crippen molar-refractivity contribution in [3.05, 3.63) is 75.6 Å². The molecule has 0 spiro atoms. The second-order valence-electron chi connectivity index (χ2n) is 5.53. The minimum absolute atomic E-state index is 0.128.